The molecule has 40 heavy (non-hydrogen) atoms. The number of hydrogen-bond donors (Lipinski definition) is 3. The minimum atomic E-state index is -3.01. The first kappa shape index (κ1) is 26.5. The predicted molar refractivity (Wildman–Crippen MR) is 135 cm³/mol. The number of anilines is 3. The zero-order valence-electron chi connectivity index (χ0n) is 21.3. The van der Waals surface area contributed by atoms with E-state index < -0.39 is 24.4 Å². The molecule has 11 nitrogen and oxygen atoms in total. The van der Waals surface area contributed by atoms with Crippen molar-refractivity contribution in [1.29, 1.82) is 0 Å². The van der Waals surface area contributed by atoms with Crippen LogP contribution in [0.1, 0.15) is 52.5 Å². The maximum Gasteiger partial charge on any atom is 0.388 e. The molecule has 2 amide bonds. The van der Waals surface area contributed by atoms with Crippen LogP contribution in [0.2, 0.25) is 0 Å². The SMILES string of the molecule is Cn1nc(OC(F)F)cc1Nc1nncn1[C@H]1CCc2sc(NC(=O)C3CC3)c(C(=O)NCC3CC3(F)F)c2C1. The molecule has 3 aromatic heterocycles. The van der Waals surface area contributed by atoms with Gasteiger partial charge in [-0.05, 0) is 37.7 Å². The molecule has 0 radical (unpaired) electrons. The van der Waals surface area contributed by atoms with E-state index >= 15 is 0 Å². The average molecular weight is 583 g/mol. The first-order valence-electron chi connectivity index (χ1n) is 12.9. The van der Waals surface area contributed by atoms with Crippen LogP contribution in [-0.2, 0) is 24.7 Å². The van der Waals surface area contributed by atoms with E-state index in [1.54, 1.807) is 11.6 Å². The van der Waals surface area contributed by atoms with E-state index in [0.29, 0.717) is 41.6 Å². The summed E-state index contributed by atoms with van der Waals surface area (Å²) >= 11 is 1.35. The minimum absolute atomic E-state index is 0.0720. The molecule has 16 heteroatoms. The van der Waals surface area contributed by atoms with Gasteiger partial charge < -0.3 is 20.7 Å². The highest BCUT2D eigenvalue weighted by atomic mass is 32.1. The van der Waals surface area contributed by atoms with Crippen molar-refractivity contribution in [2.24, 2.45) is 18.9 Å². The molecular formula is C24H26F4N8O3S. The van der Waals surface area contributed by atoms with E-state index in [4.69, 9.17) is 0 Å². The third-order valence-corrected chi connectivity index (χ3v) is 8.59. The Morgan fingerprint density at radius 3 is 2.75 bits per heavy atom. The molecular weight excluding hydrogens is 556 g/mol. The van der Waals surface area contributed by atoms with Crippen LogP contribution >= 0.6 is 11.3 Å². The molecule has 2 saturated carbocycles. The summed E-state index contributed by atoms with van der Waals surface area (Å²) in [6, 6.07) is 1.12. The fraction of sp³-hybridized carbons (Fsp3) is 0.542. The Morgan fingerprint density at radius 1 is 1.27 bits per heavy atom. The third-order valence-electron chi connectivity index (χ3n) is 7.39. The van der Waals surface area contributed by atoms with Crippen molar-refractivity contribution >= 4 is 39.9 Å². The highest BCUT2D eigenvalue weighted by Gasteiger charge is 2.56. The second kappa shape index (κ2) is 10.1. The molecule has 3 aliphatic rings. The number of fused-ring (bicyclic) bond motifs is 1. The van der Waals surface area contributed by atoms with Crippen molar-refractivity contribution in [3.63, 3.8) is 0 Å². The molecule has 0 saturated heterocycles. The Kier molecular flexibility index (Phi) is 6.67. The van der Waals surface area contributed by atoms with Gasteiger partial charge in [-0.25, -0.2) is 13.5 Å². The van der Waals surface area contributed by atoms with Crippen molar-refractivity contribution in [3.8, 4) is 5.88 Å². The maximum atomic E-state index is 13.4. The first-order valence-corrected chi connectivity index (χ1v) is 13.7. The Hall–Kier alpha value is -3.69. The van der Waals surface area contributed by atoms with Gasteiger partial charge in [-0.1, -0.05) is 0 Å². The zero-order valence-corrected chi connectivity index (χ0v) is 22.1. The van der Waals surface area contributed by atoms with Gasteiger partial charge in [0.15, 0.2) is 0 Å². The number of hydrogen-bond acceptors (Lipinski definition) is 8. The van der Waals surface area contributed by atoms with Crippen LogP contribution in [0.5, 0.6) is 5.88 Å². The molecule has 3 aliphatic carbocycles. The van der Waals surface area contributed by atoms with Crippen molar-refractivity contribution in [3.05, 3.63) is 28.4 Å². The number of thiophene rings is 1. The summed E-state index contributed by atoms with van der Waals surface area (Å²) in [5.74, 6) is -3.92. The number of aromatic nitrogens is 5. The summed E-state index contributed by atoms with van der Waals surface area (Å²) in [4.78, 5) is 26.8. The van der Waals surface area contributed by atoms with Crippen LogP contribution in [0.3, 0.4) is 0 Å². The van der Waals surface area contributed by atoms with Crippen molar-refractivity contribution in [1.82, 2.24) is 29.9 Å². The van der Waals surface area contributed by atoms with Gasteiger partial charge in [0.05, 0.1) is 5.56 Å². The zero-order chi connectivity index (χ0) is 28.2. The lowest BCUT2D eigenvalue weighted by atomic mass is 9.91. The molecule has 3 heterocycles. The normalized spacial score (nSPS) is 21.1. The van der Waals surface area contributed by atoms with Crippen molar-refractivity contribution in [2.45, 2.75) is 57.1 Å². The highest BCUT2D eigenvalue weighted by molar-refractivity contribution is 7.17. The number of nitrogens with zero attached hydrogens (tertiary/aromatic N) is 5. The average Bonchev–Trinajstić information content (AvgIpc) is 3.69. The Bertz CT molecular complexity index is 1450. The van der Waals surface area contributed by atoms with E-state index in [-0.39, 0.29) is 36.7 Å². The lowest BCUT2D eigenvalue weighted by Gasteiger charge is -2.25. The number of rotatable bonds is 10. The Balaban J connectivity index is 1.23. The third kappa shape index (κ3) is 5.36. The quantitative estimate of drug-likeness (QED) is 0.310. The van der Waals surface area contributed by atoms with Crippen LogP contribution in [0.4, 0.5) is 34.3 Å². The number of carbonyl (C=O) groups excluding carboxylic acids is 2. The second-order valence-corrected chi connectivity index (χ2v) is 11.4. The molecule has 214 valence electrons. The van der Waals surface area contributed by atoms with Crippen molar-refractivity contribution < 1.29 is 31.9 Å². The summed E-state index contributed by atoms with van der Waals surface area (Å²) in [5, 5.41) is 21.0. The van der Waals surface area contributed by atoms with Gasteiger partial charge in [-0.3, -0.25) is 14.2 Å². The molecule has 2 fully saturated rings. The lowest BCUT2D eigenvalue weighted by molar-refractivity contribution is -0.117. The topological polar surface area (TPSA) is 128 Å². The largest absolute Gasteiger partial charge is 0.415 e. The van der Waals surface area contributed by atoms with E-state index in [1.165, 1.54) is 28.4 Å². The number of nitrogens with one attached hydrogen (secondary N) is 3. The highest BCUT2D eigenvalue weighted by Crippen LogP contribution is 2.48. The molecule has 0 spiro atoms. The summed E-state index contributed by atoms with van der Waals surface area (Å²) in [5.41, 5.74) is 1.06. The molecule has 3 aromatic rings. The summed E-state index contributed by atoms with van der Waals surface area (Å²) in [7, 11) is 1.56. The van der Waals surface area contributed by atoms with E-state index in [2.05, 4.69) is 36.0 Å². The summed E-state index contributed by atoms with van der Waals surface area (Å²) < 4.78 is 59.5. The van der Waals surface area contributed by atoms with Crippen LogP contribution < -0.4 is 20.7 Å². The summed E-state index contributed by atoms with van der Waals surface area (Å²) in [6.07, 6.45) is 4.57. The van der Waals surface area contributed by atoms with E-state index in [0.717, 1.165) is 23.3 Å². The molecule has 6 rings (SSSR count). The Labute approximate surface area is 229 Å². The molecule has 3 N–H and O–H groups in total. The molecule has 0 aromatic carbocycles. The minimum Gasteiger partial charge on any atom is -0.415 e. The number of amides is 2. The summed E-state index contributed by atoms with van der Waals surface area (Å²) in [6.45, 7) is -3.16. The van der Waals surface area contributed by atoms with Crippen LogP contribution in [0.25, 0.3) is 0 Å². The standard InChI is InChI=1S/C24H26F4N8O3S/c1-35-16(7-17(34-35)39-22(25)26)31-23-33-30-10-36(23)13-4-5-15-14(6-13)18(20(38)29-9-12-8-24(12,27)28)21(40-15)32-19(37)11-2-3-11/h7,10-13,22H,2-6,8-9H2,1H3,(H,29,38)(H,31,33)(H,32,37)/t12?,13-/m0/s1. The number of carbonyl (C=O) groups is 2. The first-order chi connectivity index (χ1) is 19.1. The van der Waals surface area contributed by atoms with Crippen LogP contribution in [0.15, 0.2) is 12.4 Å². The van der Waals surface area contributed by atoms with Crippen LogP contribution in [-0.4, -0.2) is 55.4 Å². The van der Waals surface area contributed by atoms with Gasteiger partial charge >= 0.3 is 6.61 Å². The van der Waals surface area contributed by atoms with Gasteiger partial charge in [-0.2, -0.15) is 8.78 Å². The second-order valence-electron chi connectivity index (χ2n) is 10.3. The number of ether oxygens (including phenoxy) is 1. The maximum absolute atomic E-state index is 13.4. The van der Waals surface area contributed by atoms with Gasteiger partial charge in [0.2, 0.25) is 17.7 Å². The number of alkyl halides is 4. The van der Waals surface area contributed by atoms with Gasteiger partial charge in [-0.15, -0.1) is 26.6 Å². The van der Waals surface area contributed by atoms with Crippen molar-refractivity contribution in [2.75, 3.05) is 17.2 Å². The molecule has 0 bridgehead atoms. The van der Waals surface area contributed by atoms with Gasteiger partial charge in [0.25, 0.3) is 11.8 Å². The predicted octanol–water partition coefficient (Wildman–Crippen LogP) is 3.88. The monoisotopic (exact) mass is 582 g/mol. The fourth-order valence-corrected chi connectivity index (χ4v) is 6.15. The van der Waals surface area contributed by atoms with E-state index in [1.807, 2.05) is 0 Å². The molecule has 1 unspecified atom stereocenters. The lowest BCUT2D eigenvalue weighted by Crippen LogP contribution is -2.29. The molecule has 2 atom stereocenters. The number of halogens is 4. The van der Waals surface area contributed by atoms with Gasteiger partial charge in [0, 0.05) is 48.8 Å². The van der Waals surface area contributed by atoms with Crippen LogP contribution in [0, 0.1) is 11.8 Å². The number of aryl methyl sites for hydroxylation is 2. The Morgan fingerprint density at radius 2 is 2.05 bits per heavy atom. The van der Waals surface area contributed by atoms with E-state index in [9.17, 15) is 27.2 Å². The molecule has 0 aliphatic heterocycles. The fourth-order valence-electron chi connectivity index (χ4n) is 4.91. The smallest absolute Gasteiger partial charge is 0.388 e. The van der Waals surface area contributed by atoms with Gasteiger partial charge in [0.1, 0.15) is 17.1 Å².